The van der Waals surface area contributed by atoms with Gasteiger partial charge in [-0.2, -0.15) is 0 Å². The van der Waals surface area contributed by atoms with Gasteiger partial charge in [0.1, 0.15) is 0 Å². The van der Waals surface area contributed by atoms with Gasteiger partial charge in [-0.3, -0.25) is 4.90 Å². The summed E-state index contributed by atoms with van der Waals surface area (Å²) >= 11 is 0. The maximum atomic E-state index is 5.76. The van der Waals surface area contributed by atoms with Crippen LogP contribution in [0.3, 0.4) is 0 Å². The van der Waals surface area contributed by atoms with Gasteiger partial charge in [0.25, 0.3) is 0 Å². The van der Waals surface area contributed by atoms with E-state index in [-0.39, 0.29) is 0 Å². The normalized spacial score (nSPS) is 21.9. The van der Waals surface area contributed by atoms with Gasteiger partial charge in [0.2, 0.25) is 0 Å². The van der Waals surface area contributed by atoms with Crippen LogP contribution in [-0.2, 0) is 11.2 Å². The fraction of sp³-hybridized carbons (Fsp3) is 0.429. The number of nitrogens with one attached hydrogen (secondary N) is 1. The summed E-state index contributed by atoms with van der Waals surface area (Å²) in [6.45, 7) is 7.29. The van der Waals surface area contributed by atoms with E-state index in [1.165, 1.54) is 34.9 Å². The van der Waals surface area contributed by atoms with Crippen molar-refractivity contribution in [2.75, 3.05) is 50.8 Å². The highest BCUT2D eigenvalue weighted by Crippen LogP contribution is 2.25. The van der Waals surface area contributed by atoms with E-state index >= 15 is 0 Å². The molecule has 0 spiro atoms. The van der Waals surface area contributed by atoms with Crippen molar-refractivity contribution >= 4 is 16.5 Å². The molecule has 4 nitrogen and oxygen atoms in total. The molecule has 0 amide bonds. The predicted octanol–water partition coefficient (Wildman–Crippen LogP) is 4.34. The molecule has 168 valence electrons. The molecule has 0 aromatic heterocycles. The molecule has 0 bridgehead atoms. The maximum absolute atomic E-state index is 5.76. The molecule has 2 fully saturated rings. The van der Waals surface area contributed by atoms with E-state index in [2.05, 4.69) is 87.9 Å². The lowest BCUT2D eigenvalue weighted by Gasteiger charge is -2.43. The van der Waals surface area contributed by atoms with Crippen molar-refractivity contribution in [3.63, 3.8) is 0 Å². The Balaban J connectivity index is 1.25. The predicted molar refractivity (Wildman–Crippen MR) is 134 cm³/mol. The average molecular weight is 430 g/mol. The first-order chi connectivity index (χ1) is 15.8. The third-order valence-electron chi connectivity index (χ3n) is 6.99. The number of nitrogens with zero attached hydrogens (tertiary/aromatic N) is 2. The highest BCUT2D eigenvalue weighted by atomic mass is 16.5. The van der Waals surface area contributed by atoms with Crippen molar-refractivity contribution in [2.45, 2.75) is 31.4 Å². The summed E-state index contributed by atoms with van der Waals surface area (Å²) in [4.78, 5) is 5.27. The molecule has 2 saturated heterocycles. The van der Waals surface area contributed by atoms with Crippen LogP contribution in [0.25, 0.3) is 10.8 Å². The van der Waals surface area contributed by atoms with Crippen LogP contribution in [0.2, 0.25) is 0 Å². The molecule has 0 aliphatic carbocycles. The lowest BCUT2D eigenvalue weighted by molar-refractivity contribution is 0.108. The Bertz CT molecular complexity index is 986. The molecule has 3 aromatic carbocycles. The summed E-state index contributed by atoms with van der Waals surface area (Å²) in [6, 6.07) is 27.0. The summed E-state index contributed by atoms with van der Waals surface area (Å²) in [5.41, 5.74) is 2.77. The van der Waals surface area contributed by atoms with Gasteiger partial charge in [0.05, 0.1) is 6.10 Å². The summed E-state index contributed by atoms with van der Waals surface area (Å²) in [5, 5.41) is 6.28. The summed E-state index contributed by atoms with van der Waals surface area (Å²) < 4.78 is 5.76. The third kappa shape index (κ3) is 5.32. The number of hydrogen-bond donors (Lipinski definition) is 1. The Hall–Kier alpha value is -2.40. The Kier molecular flexibility index (Phi) is 7.02. The number of rotatable bonds is 8. The van der Waals surface area contributed by atoms with Crippen LogP contribution in [0.1, 0.15) is 18.4 Å². The zero-order valence-electron chi connectivity index (χ0n) is 19.0. The van der Waals surface area contributed by atoms with Crippen molar-refractivity contribution in [1.29, 1.82) is 0 Å². The van der Waals surface area contributed by atoms with E-state index in [4.69, 9.17) is 4.74 Å². The smallest absolute Gasteiger partial charge is 0.0700 e. The quantitative estimate of drug-likeness (QED) is 0.539. The number of piperazine rings is 1. The third-order valence-corrected chi connectivity index (χ3v) is 6.99. The van der Waals surface area contributed by atoms with Gasteiger partial charge in [0, 0.05) is 57.6 Å². The summed E-state index contributed by atoms with van der Waals surface area (Å²) in [6.07, 6.45) is 3.92. The van der Waals surface area contributed by atoms with Crippen LogP contribution >= 0.6 is 0 Å². The lowest BCUT2D eigenvalue weighted by atomic mass is 10.0. The number of anilines is 1. The van der Waals surface area contributed by atoms with Crippen molar-refractivity contribution in [3.8, 4) is 0 Å². The maximum Gasteiger partial charge on any atom is 0.0700 e. The Morgan fingerprint density at radius 2 is 1.75 bits per heavy atom. The van der Waals surface area contributed by atoms with Gasteiger partial charge >= 0.3 is 0 Å². The molecule has 3 aromatic rings. The van der Waals surface area contributed by atoms with Crippen LogP contribution in [0.4, 0.5) is 5.69 Å². The number of benzene rings is 3. The summed E-state index contributed by atoms with van der Waals surface area (Å²) in [7, 11) is 0. The number of ether oxygens (including phenoxy) is 1. The fourth-order valence-corrected chi connectivity index (χ4v) is 5.17. The number of fused-ring (bicyclic) bond motifs is 1. The molecule has 2 aliphatic heterocycles. The molecular weight excluding hydrogens is 394 g/mol. The minimum atomic E-state index is 0.417. The second-order valence-electron chi connectivity index (χ2n) is 9.20. The van der Waals surface area contributed by atoms with Crippen molar-refractivity contribution in [3.05, 3.63) is 78.4 Å². The van der Waals surface area contributed by atoms with Crippen LogP contribution in [0.15, 0.2) is 72.8 Å². The van der Waals surface area contributed by atoms with Crippen molar-refractivity contribution in [2.24, 2.45) is 0 Å². The van der Waals surface area contributed by atoms with Crippen LogP contribution in [0, 0.1) is 0 Å². The van der Waals surface area contributed by atoms with E-state index in [1.54, 1.807) is 0 Å². The second-order valence-corrected chi connectivity index (χ2v) is 9.20. The zero-order chi connectivity index (χ0) is 21.6. The molecule has 4 heteroatoms. The van der Waals surface area contributed by atoms with E-state index < -0.39 is 0 Å². The highest BCUT2D eigenvalue weighted by molar-refractivity contribution is 5.85. The Labute approximate surface area is 192 Å². The van der Waals surface area contributed by atoms with Gasteiger partial charge in [0.15, 0.2) is 0 Å². The summed E-state index contributed by atoms with van der Waals surface area (Å²) in [5.74, 6) is 0. The van der Waals surface area contributed by atoms with Crippen LogP contribution in [-0.4, -0.2) is 62.9 Å². The van der Waals surface area contributed by atoms with Gasteiger partial charge in [-0.1, -0.05) is 60.7 Å². The first-order valence-electron chi connectivity index (χ1n) is 12.2. The molecule has 32 heavy (non-hydrogen) atoms. The van der Waals surface area contributed by atoms with E-state index in [9.17, 15) is 0 Å². The Morgan fingerprint density at radius 3 is 2.59 bits per heavy atom. The van der Waals surface area contributed by atoms with E-state index in [1.807, 2.05) is 0 Å². The van der Waals surface area contributed by atoms with Gasteiger partial charge in [-0.05, 0) is 47.7 Å². The SMILES string of the molecule is c1ccc(C[C@H]2CN(c3ccc4ccccc4c3)CCN2CCNCC2CCCO2)cc1. The molecule has 0 radical (unpaired) electrons. The van der Waals surface area contributed by atoms with Crippen LogP contribution < -0.4 is 10.2 Å². The van der Waals surface area contributed by atoms with Crippen molar-refractivity contribution in [1.82, 2.24) is 10.2 Å². The highest BCUT2D eigenvalue weighted by Gasteiger charge is 2.27. The monoisotopic (exact) mass is 429 g/mol. The average Bonchev–Trinajstić information content (AvgIpc) is 3.36. The molecule has 1 unspecified atom stereocenters. The topological polar surface area (TPSA) is 27.7 Å². The molecular formula is C28H35N3O. The van der Waals surface area contributed by atoms with E-state index in [0.29, 0.717) is 12.1 Å². The first kappa shape index (κ1) is 21.4. The molecule has 2 heterocycles. The zero-order valence-corrected chi connectivity index (χ0v) is 19.0. The van der Waals surface area contributed by atoms with Crippen LogP contribution in [0.5, 0.6) is 0 Å². The minimum Gasteiger partial charge on any atom is -0.377 e. The van der Waals surface area contributed by atoms with Gasteiger partial charge in [-0.25, -0.2) is 0 Å². The second kappa shape index (κ2) is 10.5. The molecule has 1 N–H and O–H groups in total. The van der Waals surface area contributed by atoms with Crippen molar-refractivity contribution < 1.29 is 4.74 Å². The minimum absolute atomic E-state index is 0.417. The molecule has 0 saturated carbocycles. The first-order valence-corrected chi connectivity index (χ1v) is 12.2. The van der Waals surface area contributed by atoms with Gasteiger partial charge < -0.3 is 15.0 Å². The molecule has 2 aliphatic rings. The lowest BCUT2D eigenvalue weighted by Crippen LogP contribution is -2.55. The standard InChI is InChI=1S/C28H35N3O/c1-2-7-23(8-3-1)19-27-22-31(26-13-12-24-9-4-5-10-25(24)20-26)17-16-30(27)15-14-29-21-28-11-6-18-32-28/h1-5,7-10,12-13,20,27-29H,6,11,14-19,21-22H2/t27-,28?/m0/s1. The number of hydrogen-bond acceptors (Lipinski definition) is 4. The molecule has 5 rings (SSSR count). The molecule has 2 atom stereocenters. The Morgan fingerprint density at radius 1 is 0.906 bits per heavy atom. The fourth-order valence-electron chi connectivity index (χ4n) is 5.17. The van der Waals surface area contributed by atoms with Gasteiger partial charge in [-0.15, -0.1) is 0 Å². The largest absolute Gasteiger partial charge is 0.377 e. The van der Waals surface area contributed by atoms with E-state index in [0.717, 1.165) is 52.3 Å².